The van der Waals surface area contributed by atoms with Gasteiger partial charge in [-0.1, -0.05) is 76.2 Å². The fraction of sp³-hybridized carbons (Fsp3) is 0.400. The first kappa shape index (κ1) is 37.4. The molecule has 0 unspecified atom stereocenters. The van der Waals surface area contributed by atoms with Crippen LogP contribution < -0.4 is 21.5 Å². The Bertz CT molecular complexity index is 1170. The van der Waals surface area contributed by atoms with Gasteiger partial charge >= 0.3 is 0 Å². The maximum atomic E-state index is 5.43. The number of thiocarbonyl (C=S) groups is 2. The third kappa shape index (κ3) is 10.9. The SMILES string of the molecule is CCN(CC)CCNC(=S)N/N=C/c1c2ccccc2c(/C=N/NC(=S)NCCN(CC)CC)c2ccccc12.Cl.Cl. The third-order valence-electron chi connectivity index (χ3n) is 6.95. The van der Waals surface area contributed by atoms with Gasteiger partial charge < -0.3 is 20.4 Å². The summed E-state index contributed by atoms with van der Waals surface area (Å²) in [5.41, 5.74) is 7.98. The van der Waals surface area contributed by atoms with E-state index >= 15 is 0 Å². The van der Waals surface area contributed by atoms with Crippen LogP contribution in [-0.2, 0) is 0 Å². The minimum atomic E-state index is 0. The number of rotatable bonds is 14. The van der Waals surface area contributed by atoms with Crippen molar-refractivity contribution in [2.45, 2.75) is 27.7 Å². The summed E-state index contributed by atoms with van der Waals surface area (Å²) in [5, 5.41) is 20.7. The number of nitrogens with one attached hydrogen (secondary N) is 4. The molecule has 0 amide bonds. The lowest BCUT2D eigenvalue weighted by Crippen LogP contribution is -2.38. The molecule has 0 spiro atoms. The molecule has 8 nitrogen and oxygen atoms in total. The highest BCUT2D eigenvalue weighted by Crippen LogP contribution is 2.31. The molecule has 0 aliphatic heterocycles. The zero-order valence-corrected chi connectivity index (χ0v) is 28.1. The largest absolute Gasteiger partial charge is 0.360 e. The second-order valence-electron chi connectivity index (χ2n) is 9.22. The van der Waals surface area contributed by atoms with Gasteiger partial charge in [-0.05, 0) is 72.2 Å². The van der Waals surface area contributed by atoms with E-state index in [9.17, 15) is 0 Å². The van der Waals surface area contributed by atoms with E-state index in [1.54, 1.807) is 0 Å². The zero-order valence-electron chi connectivity index (χ0n) is 24.9. The Morgan fingerprint density at radius 3 is 1.21 bits per heavy atom. The summed E-state index contributed by atoms with van der Waals surface area (Å²) in [7, 11) is 0. The van der Waals surface area contributed by atoms with Crippen LogP contribution >= 0.6 is 49.2 Å². The van der Waals surface area contributed by atoms with Crippen molar-refractivity contribution in [2.24, 2.45) is 10.2 Å². The first-order valence-corrected chi connectivity index (χ1v) is 14.9. The maximum Gasteiger partial charge on any atom is 0.187 e. The Morgan fingerprint density at radius 1 is 0.619 bits per heavy atom. The number of hydrogen-bond donors (Lipinski definition) is 4. The van der Waals surface area contributed by atoms with Crippen molar-refractivity contribution < 1.29 is 0 Å². The standard InChI is InChI=1S/C30H42N8S2.2ClH/c1-5-37(6-2)19-17-31-29(39)35-33-21-27-23-13-9-11-15-25(23)28(26-16-12-10-14-24(26)27)22-34-36-30(40)32-18-20-38(7-3)8-4;;/h9-16,21-22H,5-8,17-20H2,1-4H3,(H2,31,35,39)(H2,32,36,40);2*1H/b33-21+,34-22+;;. The van der Waals surface area contributed by atoms with Gasteiger partial charge in [0.25, 0.3) is 0 Å². The van der Waals surface area contributed by atoms with E-state index in [0.717, 1.165) is 85.0 Å². The smallest absolute Gasteiger partial charge is 0.187 e. The van der Waals surface area contributed by atoms with E-state index in [-0.39, 0.29) is 24.8 Å². The van der Waals surface area contributed by atoms with Crippen LogP contribution in [0.15, 0.2) is 58.7 Å². The fourth-order valence-corrected chi connectivity index (χ4v) is 4.91. The van der Waals surface area contributed by atoms with Crippen molar-refractivity contribution in [2.75, 3.05) is 52.4 Å². The van der Waals surface area contributed by atoms with E-state index in [1.807, 2.05) is 36.7 Å². The quantitative estimate of drug-likeness (QED) is 0.0829. The Morgan fingerprint density at radius 2 is 0.929 bits per heavy atom. The van der Waals surface area contributed by atoms with Crippen LogP contribution in [0, 0.1) is 0 Å². The molecule has 0 heterocycles. The lowest BCUT2D eigenvalue weighted by molar-refractivity contribution is 0.308. The van der Waals surface area contributed by atoms with Gasteiger partial charge in [0.1, 0.15) is 0 Å². The van der Waals surface area contributed by atoms with Crippen molar-refractivity contribution >= 4 is 93.4 Å². The van der Waals surface area contributed by atoms with Crippen molar-refractivity contribution in [3.63, 3.8) is 0 Å². The van der Waals surface area contributed by atoms with Crippen molar-refractivity contribution in [1.29, 1.82) is 0 Å². The van der Waals surface area contributed by atoms with Crippen molar-refractivity contribution in [3.05, 3.63) is 59.7 Å². The van der Waals surface area contributed by atoms with E-state index < -0.39 is 0 Å². The number of halogens is 2. The first-order chi connectivity index (χ1) is 19.5. The average molecular weight is 652 g/mol. The van der Waals surface area contributed by atoms with E-state index in [0.29, 0.717) is 10.2 Å². The maximum absolute atomic E-state index is 5.43. The Balaban J connectivity index is 0.00000441. The summed E-state index contributed by atoms with van der Waals surface area (Å²) < 4.78 is 0. The summed E-state index contributed by atoms with van der Waals surface area (Å²) in [4.78, 5) is 4.68. The highest BCUT2D eigenvalue weighted by Gasteiger charge is 2.11. The van der Waals surface area contributed by atoms with Gasteiger partial charge in [-0.15, -0.1) is 24.8 Å². The predicted octanol–water partition coefficient (Wildman–Crippen LogP) is 5.12. The van der Waals surface area contributed by atoms with Crippen molar-refractivity contribution in [1.82, 2.24) is 31.3 Å². The molecule has 0 aromatic heterocycles. The summed E-state index contributed by atoms with van der Waals surface area (Å²) in [6.07, 6.45) is 3.69. The molecule has 12 heteroatoms. The molecule has 0 aliphatic carbocycles. The summed E-state index contributed by atoms with van der Waals surface area (Å²) in [6, 6.07) is 16.6. The van der Waals surface area contributed by atoms with Gasteiger partial charge in [0.05, 0.1) is 12.4 Å². The van der Waals surface area contributed by atoms with Gasteiger partial charge in [0.2, 0.25) is 0 Å². The molecule has 0 radical (unpaired) electrons. The van der Waals surface area contributed by atoms with E-state index in [2.05, 4.69) is 93.4 Å². The van der Waals surface area contributed by atoms with E-state index in [4.69, 9.17) is 24.4 Å². The Labute approximate surface area is 273 Å². The van der Waals surface area contributed by atoms with Gasteiger partial charge in [-0.25, -0.2) is 0 Å². The summed E-state index contributed by atoms with van der Waals surface area (Å²) in [5.74, 6) is 0. The molecule has 3 aromatic carbocycles. The highest BCUT2D eigenvalue weighted by atomic mass is 35.5. The minimum Gasteiger partial charge on any atom is -0.360 e. The summed E-state index contributed by atoms with van der Waals surface area (Å²) in [6.45, 7) is 16.1. The second-order valence-corrected chi connectivity index (χ2v) is 10.0. The van der Waals surface area contributed by atoms with Gasteiger partial charge in [0, 0.05) is 37.3 Å². The van der Waals surface area contributed by atoms with Gasteiger partial charge in [-0.3, -0.25) is 10.9 Å². The number of benzene rings is 3. The lowest BCUT2D eigenvalue weighted by Gasteiger charge is -2.18. The molecule has 0 aliphatic rings. The van der Waals surface area contributed by atoms with Crippen LogP contribution in [-0.4, -0.2) is 84.8 Å². The molecule has 4 N–H and O–H groups in total. The number of hydrogen-bond acceptors (Lipinski definition) is 6. The van der Waals surface area contributed by atoms with Crippen LogP contribution in [0.3, 0.4) is 0 Å². The summed E-state index contributed by atoms with van der Waals surface area (Å²) >= 11 is 10.9. The molecule has 230 valence electrons. The molecule has 0 saturated heterocycles. The Hall–Kier alpha value is -2.60. The monoisotopic (exact) mass is 650 g/mol. The molecular weight excluding hydrogens is 607 g/mol. The molecule has 0 saturated carbocycles. The molecule has 0 fully saturated rings. The molecular formula is C30H44Cl2N8S2. The predicted molar refractivity (Wildman–Crippen MR) is 194 cm³/mol. The molecule has 0 bridgehead atoms. The normalized spacial score (nSPS) is 11.2. The second kappa shape index (κ2) is 20.3. The molecule has 3 aromatic rings. The Kier molecular flexibility index (Phi) is 18.1. The zero-order chi connectivity index (χ0) is 28.7. The first-order valence-electron chi connectivity index (χ1n) is 14.0. The van der Waals surface area contributed by atoms with Crippen LogP contribution in [0.5, 0.6) is 0 Å². The molecule has 0 atom stereocenters. The van der Waals surface area contributed by atoms with Crippen LogP contribution in [0.2, 0.25) is 0 Å². The van der Waals surface area contributed by atoms with Crippen molar-refractivity contribution in [3.8, 4) is 0 Å². The highest BCUT2D eigenvalue weighted by molar-refractivity contribution is 7.80. The topological polar surface area (TPSA) is 79.3 Å². The fourth-order valence-electron chi connectivity index (χ4n) is 4.60. The van der Waals surface area contributed by atoms with Crippen LogP contribution in [0.4, 0.5) is 0 Å². The van der Waals surface area contributed by atoms with E-state index in [1.165, 1.54) is 0 Å². The van der Waals surface area contributed by atoms with Crippen LogP contribution in [0.1, 0.15) is 38.8 Å². The number of hydrazone groups is 2. The third-order valence-corrected chi connectivity index (χ3v) is 7.42. The van der Waals surface area contributed by atoms with Crippen LogP contribution in [0.25, 0.3) is 21.5 Å². The minimum absolute atomic E-state index is 0. The molecule has 42 heavy (non-hydrogen) atoms. The van der Waals surface area contributed by atoms with Gasteiger partial charge in [0.15, 0.2) is 10.2 Å². The average Bonchev–Trinajstić information content (AvgIpc) is 2.98. The number of fused-ring (bicyclic) bond motifs is 2. The number of likely N-dealkylation sites (N-methyl/N-ethyl adjacent to an activating group) is 2. The number of nitrogens with zero attached hydrogens (tertiary/aromatic N) is 4. The lowest BCUT2D eigenvalue weighted by atomic mass is 9.92. The molecule has 3 rings (SSSR count). The van der Waals surface area contributed by atoms with Gasteiger partial charge in [-0.2, -0.15) is 10.2 Å².